The quantitative estimate of drug-likeness (QED) is 0.772. The van der Waals surface area contributed by atoms with Crippen molar-refractivity contribution >= 4 is 29.1 Å². The third-order valence-corrected chi connectivity index (χ3v) is 5.03. The van der Waals surface area contributed by atoms with Crippen molar-refractivity contribution in [2.75, 3.05) is 32.2 Å². The van der Waals surface area contributed by atoms with E-state index in [4.69, 9.17) is 21.1 Å². The van der Waals surface area contributed by atoms with Gasteiger partial charge in [0, 0.05) is 24.5 Å². The summed E-state index contributed by atoms with van der Waals surface area (Å²) in [5, 5.41) is 3.44. The molecule has 3 rings (SSSR count). The van der Waals surface area contributed by atoms with Crippen LogP contribution in [0.3, 0.4) is 0 Å². The molecule has 0 bridgehead atoms. The molecule has 1 fully saturated rings. The fourth-order valence-electron chi connectivity index (χ4n) is 3.26. The molecule has 28 heavy (non-hydrogen) atoms. The summed E-state index contributed by atoms with van der Waals surface area (Å²) < 4.78 is 10.5. The Labute approximate surface area is 169 Å². The molecule has 2 amide bonds. The van der Waals surface area contributed by atoms with Gasteiger partial charge in [-0.2, -0.15) is 0 Å². The van der Waals surface area contributed by atoms with E-state index in [1.807, 2.05) is 24.3 Å². The topological polar surface area (TPSA) is 67.9 Å². The van der Waals surface area contributed by atoms with Gasteiger partial charge in [0.2, 0.25) is 11.8 Å². The van der Waals surface area contributed by atoms with Gasteiger partial charge in [0.1, 0.15) is 11.5 Å². The molecule has 1 heterocycles. The molecule has 1 atom stereocenters. The zero-order valence-corrected chi connectivity index (χ0v) is 16.7. The Morgan fingerprint density at radius 2 is 1.93 bits per heavy atom. The first kappa shape index (κ1) is 20.0. The Bertz CT molecular complexity index is 854. The average Bonchev–Trinajstić information content (AvgIpc) is 3.10. The first-order chi connectivity index (χ1) is 13.5. The average molecular weight is 403 g/mol. The summed E-state index contributed by atoms with van der Waals surface area (Å²) in [6.07, 6.45) is 0.881. The first-order valence-corrected chi connectivity index (χ1v) is 9.44. The first-order valence-electron chi connectivity index (χ1n) is 9.06. The number of halogens is 1. The lowest BCUT2D eigenvalue weighted by Gasteiger charge is -2.20. The molecule has 7 heteroatoms. The fraction of sp³-hybridized carbons (Fsp3) is 0.333. The predicted molar refractivity (Wildman–Crippen MR) is 108 cm³/mol. The number of methoxy groups -OCH3 is 2. The number of anilines is 1. The maximum absolute atomic E-state index is 12.5. The second-order valence-corrected chi connectivity index (χ2v) is 7.05. The van der Waals surface area contributed by atoms with Gasteiger partial charge in [-0.25, -0.2) is 0 Å². The minimum atomic E-state index is -0.396. The Kier molecular flexibility index (Phi) is 6.41. The zero-order valence-electron chi connectivity index (χ0n) is 15.9. The maximum Gasteiger partial charge on any atom is 0.227 e. The van der Waals surface area contributed by atoms with E-state index in [1.54, 1.807) is 30.2 Å². The lowest BCUT2D eigenvalue weighted by molar-refractivity contribution is -0.126. The number of nitrogens with one attached hydrogen (secondary N) is 1. The van der Waals surface area contributed by atoms with Crippen molar-refractivity contribution in [2.45, 2.75) is 12.8 Å². The Morgan fingerprint density at radius 3 is 2.61 bits per heavy atom. The van der Waals surface area contributed by atoms with Crippen LogP contribution in [0.15, 0.2) is 42.5 Å². The van der Waals surface area contributed by atoms with E-state index in [0.717, 1.165) is 11.3 Å². The number of benzene rings is 2. The van der Waals surface area contributed by atoms with Crippen molar-refractivity contribution in [3.05, 3.63) is 53.1 Å². The van der Waals surface area contributed by atoms with Crippen molar-refractivity contribution in [3.8, 4) is 11.5 Å². The third kappa shape index (κ3) is 4.57. The molecule has 1 N–H and O–H groups in total. The van der Waals surface area contributed by atoms with Crippen LogP contribution in [0.4, 0.5) is 5.69 Å². The number of carbonyl (C=O) groups is 2. The molecule has 0 radical (unpaired) electrons. The molecule has 2 aromatic carbocycles. The van der Waals surface area contributed by atoms with Crippen molar-refractivity contribution in [3.63, 3.8) is 0 Å². The number of carbonyl (C=O) groups excluding carboxylic acids is 2. The van der Waals surface area contributed by atoms with Gasteiger partial charge in [-0.15, -0.1) is 0 Å². The summed E-state index contributed by atoms with van der Waals surface area (Å²) in [5.74, 6) is 0.723. The normalized spacial score (nSPS) is 16.2. The van der Waals surface area contributed by atoms with Gasteiger partial charge >= 0.3 is 0 Å². The Morgan fingerprint density at radius 1 is 1.18 bits per heavy atom. The molecule has 0 aliphatic carbocycles. The highest BCUT2D eigenvalue weighted by atomic mass is 35.5. The molecule has 1 saturated heterocycles. The summed E-state index contributed by atoms with van der Waals surface area (Å²) in [6, 6.07) is 12.8. The summed E-state index contributed by atoms with van der Waals surface area (Å²) >= 11 is 6.06. The van der Waals surface area contributed by atoms with Gasteiger partial charge in [0.25, 0.3) is 0 Å². The number of hydrogen-bond donors (Lipinski definition) is 1. The zero-order chi connectivity index (χ0) is 20.1. The molecule has 6 nitrogen and oxygen atoms in total. The molecule has 0 unspecified atom stereocenters. The lowest BCUT2D eigenvalue weighted by atomic mass is 10.1. The van der Waals surface area contributed by atoms with E-state index < -0.39 is 5.92 Å². The van der Waals surface area contributed by atoms with Crippen molar-refractivity contribution < 1.29 is 19.1 Å². The Hall–Kier alpha value is -2.73. The van der Waals surface area contributed by atoms with Gasteiger partial charge < -0.3 is 19.7 Å². The highest BCUT2D eigenvalue weighted by molar-refractivity contribution is 6.31. The molecule has 0 saturated carbocycles. The summed E-state index contributed by atoms with van der Waals surface area (Å²) in [4.78, 5) is 26.5. The number of nitrogens with zero attached hydrogens (tertiary/aromatic N) is 1. The maximum atomic E-state index is 12.5. The van der Waals surface area contributed by atoms with Gasteiger partial charge in [-0.3, -0.25) is 9.59 Å². The highest BCUT2D eigenvalue weighted by Gasteiger charge is 2.36. The van der Waals surface area contributed by atoms with Crippen LogP contribution in [0.1, 0.15) is 12.0 Å². The van der Waals surface area contributed by atoms with E-state index in [1.165, 1.54) is 7.11 Å². The molecule has 1 aliphatic heterocycles. The van der Waals surface area contributed by atoms with E-state index >= 15 is 0 Å². The molecule has 148 valence electrons. The summed E-state index contributed by atoms with van der Waals surface area (Å²) in [6.45, 7) is 0.820. The van der Waals surface area contributed by atoms with E-state index in [2.05, 4.69) is 5.32 Å². The summed E-state index contributed by atoms with van der Waals surface area (Å²) in [7, 11) is 3.16. The SMILES string of the molecule is COc1ccc(CCNC(=O)[C@@H]2CC(=O)N(c3cc(Cl)ccc3OC)C2)cc1. The fourth-order valence-corrected chi connectivity index (χ4v) is 3.42. The molecule has 1 aliphatic rings. The van der Waals surface area contributed by atoms with Crippen LogP contribution in [-0.2, 0) is 16.0 Å². The van der Waals surface area contributed by atoms with Crippen LogP contribution < -0.4 is 19.7 Å². The van der Waals surface area contributed by atoms with Gasteiger partial charge in [-0.05, 0) is 42.3 Å². The van der Waals surface area contributed by atoms with Gasteiger partial charge in [-0.1, -0.05) is 23.7 Å². The molecule has 0 spiro atoms. The third-order valence-electron chi connectivity index (χ3n) is 4.80. The minimum Gasteiger partial charge on any atom is -0.497 e. The standard InChI is InChI=1S/C21H23ClN2O4/c1-27-17-6-3-14(4-7-17)9-10-23-21(26)15-11-20(25)24(13-15)18-12-16(22)5-8-19(18)28-2/h3-8,12,15H,9-11,13H2,1-2H3,(H,23,26)/t15-/m1/s1. The van der Waals surface area contributed by atoms with Crippen LogP contribution in [0.25, 0.3) is 0 Å². The van der Waals surface area contributed by atoms with Crippen LogP contribution in [0, 0.1) is 5.92 Å². The number of rotatable bonds is 7. The lowest BCUT2D eigenvalue weighted by Crippen LogP contribution is -2.34. The minimum absolute atomic E-state index is 0.115. The van der Waals surface area contributed by atoms with Gasteiger partial charge in [0.15, 0.2) is 0 Å². The van der Waals surface area contributed by atoms with Crippen LogP contribution in [0.2, 0.25) is 5.02 Å². The predicted octanol–water partition coefficient (Wildman–Crippen LogP) is 3.07. The largest absolute Gasteiger partial charge is 0.497 e. The molecular weight excluding hydrogens is 380 g/mol. The molecule has 2 aromatic rings. The highest BCUT2D eigenvalue weighted by Crippen LogP contribution is 2.35. The van der Waals surface area contributed by atoms with Crippen molar-refractivity contribution in [1.29, 1.82) is 0 Å². The molecular formula is C21H23ClN2O4. The second kappa shape index (κ2) is 8.97. The number of hydrogen-bond acceptors (Lipinski definition) is 4. The van der Waals surface area contributed by atoms with E-state index in [9.17, 15) is 9.59 Å². The van der Waals surface area contributed by atoms with Crippen LogP contribution in [-0.4, -0.2) is 39.1 Å². The number of amides is 2. The second-order valence-electron chi connectivity index (χ2n) is 6.61. The Balaban J connectivity index is 1.57. The summed E-state index contributed by atoms with van der Waals surface area (Å²) in [5.41, 5.74) is 1.70. The van der Waals surface area contributed by atoms with Crippen LogP contribution >= 0.6 is 11.6 Å². The van der Waals surface area contributed by atoms with E-state index in [0.29, 0.717) is 36.0 Å². The van der Waals surface area contributed by atoms with Crippen molar-refractivity contribution in [2.24, 2.45) is 5.92 Å². The number of ether oxygens (including phenoxy) is 2. The van der Waals surface area contributed by atoms with Gasteiger partial charge in [0.05, 0.1) is 25.8 Å². The monoisotopic (exact) mass is 402 g/mol. The molecule has 0 aromatic heterocycles. The van der Waals surface area contributed by atoms with Crippen molar-refractivity contribution in [1.82, 2.24) is 5.32 Å². The van der Waals surface area contributed by atoms with Crippen LogP contribution in [0.5, 0.6) is 11.5 Å². The smallest absolute Gasteiger partial charge is 0.227 e. The van der Waals surface area contributed by atoms with E-state index in [-0.39, 0.29) is 18.2 Å².